The summed E-state index contributed by atoms with van der Waals surface area (Å²) in [5.41, 5.74) is 4.47. The minimum absolute atomic E-state index is 0.188. The van der Waals surface area contributed by atoms with Crippen molar-refractivity contribution in [3.05, 3.63) is 59.7 Å². The summed E-state index contributed by atoms with van der Waals surface area (Å²) in [6.45, 7) is 3.82. The van der Waals surface area contributed by atoms with Gasteiger partial charge in [0.05, 0.1) is 0 Å². The minimum atomic E-state index is 0.188. The van der Waals surface area contributed by atoms with Gasteiger partial charge in [-0.2, -0.15) is 0 Å². The molecule has 0 radical (unpaired) electrons. The molecule has 2 heteroatoms. The van der Waals surface area contributed by atoms with E-state index in [1.807, 2.05) is 29.2 Å². The van der Waals surface area contributed by atoms with E-state index in [-0.39, 0.29) is 5.91 Å². The molecule has 1 aliphatic rings. The number of fused-ring (bicyclic) bond motifs is 1. The molecule has 0 N–H and O–H groups in total. The molecule has 20 heavy (non-hydrogen) atoms. The van der Waals surface area contributed by atoms with Gasteiger partial charge >= 0.3 is 0 Å². The molecule has 0 atom stereocenters. The lowest BCUT2D eigenvalue weighted by Crippen LogP contribution is -2.37. The number of carbonyl (C=O) groups excluding carboxylic acids is 1. The maximum Gasteiger partial charge on any atom is 0.254 e. The molecule has 1 aliphatic heterocycles. The Morgan fingerprint density at radius 3 is 2.60 bits per heavy atom. The Hall–Kier alpha value is -2.09. The summed E-state index contributed by atoms with van der Waals surface area (Å²) in [4.78, 5) is 14.3. The van der Waals surface area contributed by atoms with Gasteiger partial charge in [-0.3, -0.25) is 4.79 Å². The number of benzene rings is 2. The highest BCUT2D eigenvalue weighted by molar-refractivity contribution is 5.97. The highest BCUT2D eigenvalue weighted by Crippen LogP contribution is 2.26. The Labute approximate surface area is 120 Å². The lowest BCUT2D eigenvalue weighted by atomic mass is 9.94. The van der Waals surface area contributed by atoms with Crippen LogP contribution in [0.25, 0.3) is 11.1 Å². The molecule has 1 amide bonds. The number of carbonyl (C=O) groups is 1. The Bertz CT molecular complexity index is 619. The number of hydrogen-bond acceptors (Lipinski definition) is 1. The molecule has 0 fully saturated rings. The first kappa shape index (κ1) is 12.9. The van der Waals surface area contributed by atoms with Crippen molar-refractivity contribution >= 4 is 5.91 Å². The maximum absolute atomic E-state index is 12.4. The van der Waals surface area contributed by atoms with Crippen molar-refractivity contribution in [3.8, 4) is 11.1 Å². The van der Waals surface area contributed by atoms with Gasteiger partial charge in [-0.25, -0.2) is 0 Å². The molecule has 0 spiro atoms. The predicted molar refractivity (Wildman–Crippen MR) is 81.8 cm³/mol. The van der Waals surface area contributed by atoms with Crippen LogP contribution in [0.5, 0.6) is 0 Å². The highest BCUT2D eigenvalue weighted by atomic mass is 16.2. The fraction of sp³-hybridized carbons (Fsp3) is 0.278. The van der Waals surface area contributed by atoms with E-state index in [0.29, 0.717) is 0 Å². The van der Waals surface area contributed by atoms with Crippen LogP contribution in [0.3, 0.4) is 0 Å². The summed E-state index contributed by atoms with van der Waals surface area (Å²) < 4.78 is 0. The smallest absolute Gasteiger partial charge is 0.254 e. The summed E-state index contributed by atoms with van der Waals surface area (Å²) in [7, 11) is 0. The van der Waals surface area contributed by atoms with Gasteiger partial charge in [-0.1, -0.05) is 49.4 Å². The first-order valence-electron chi connectivity index (χ1n) is 7.27. The second-order valence-corrected chi connectivity index (χ2v) is 5.28. The normalized spacial score (nSPS) is 14.2. The average Bonchev–Trinajstić information content (AvgIpc) is 2.51. The molecule has 3 rings (SSSR count). The molecule has 2 nitrogen and oxygen atoms in total. The van der Waals surface area contributed by atoms with Gasteiger partial charge in [0.15, 0.2) is 0 Å². The molecule has 102 valence electrons. The van der Waals surface area contributed by atoms with Gasteiger partial charge in [0.1, 0.15) is 0 Å². The van der Waals surface area contributed by atoms with Crippen molar-refractivity contribution in [1.82, 2.24) is 4.90 Å². The van der Waals surface area contributed by atoms with Crippen LogP contribution in [-0.2, 0) is 6.42 Å². The van der Waals surface area contributed by atoms with E-state index in [1.54, 1.807) is 0 Å². The minimum Gasteiger partial charge on any atom is -0.338 e. The van der Waals surface area contributed by atoms with Gasteiger partial charge in [0.2, 0.25) is 0 Å². The van der Waals surface area contributed by atoms with Gasteiger partial charge < -0.3 is 4.90 Å². The number of nitrogens with zero attached hydrogens (tertiary/aromatic N) is 1. The zero-order valence-corrected chi connectivity index (χ0v) is 11.8. The molecule has 0 bridgehead atoms. The van der Waals surface area contributed by atoms with Crippen LogP contribution in [0.15, 0.2) is 48.5 Å². The van der Waals surface area contributed by atoms with Gasteiger partial charge in [-0.15, -0.1) is 0 Å². The molecular weight excluding hydrogens is 246 g/mol. The third kappa shape index (κ3) is 2.34. The summed E-state index contributed by atoms with van der Waals surface area (Å²) in [5, 5.41) is 0. The van der Waals surface area contributed by atoms with Crippen LogP contribution in [0.2, 0.25) is 0 Å². The van der Waals surface area contributed by atoms with Crippen molar-refractivity contribution in [3.63, 3.8) is 0 Å². The van der Waals surface area contributed by atoms with E-state index in [1.165, 1.54) is 16.7 Å². The van der Waals surface area contributed by atoms with Crippen LogP contribution in [-0.4, -0.2) is 23.9 Å². The lowest BCUT2D eigenvalue weighted by Gasteiger charge is -2.28. The molecule has 2 aromatic carbocycles. The number of amides is 1. The zero-order chi connectivity index (χ0) is 13.9. The fourth-order valence-corrected chi connectivity index (χ4v) is 2.83. The maximum atomic E-state index is 12.4. The van der Waals surface area contributed by atoms with Crippen LogP contribution in [0.1, 0.15) is 29.3 Å². The predicted octanol–water partition coefficient (Wildman–Crippen LogP) is 3.76. The zero-order valence-electron chi connectivity index (χ0n) is 11.8. The average molecular weight is 265 g/mol. The van der Waals surface area contributed by atoms with Crippen LogP contribution in [0.4, 0.5) is 0 Å². The third-order valence-corrected chi connectivity index (χ3v) is 3.87. The van der Waals surface area contributed by atoms with E-state index >= 15 is 0 Å². The molecule has 0 aromatic heterocycles. The standard InChI is InChI=1S/C18H19NO/c1-2-11-19-12-10-16-13-15(8-9-17(16)18(19)20)14-6-4-3-5-7-14/h3-9,13H,2,10-12H2,1H3. The summed E-state index contributed by atoms with van der Waals surface area (Å²) in [6.07, 6.45) is 1.98. The van der Waals surface area contributed by atoms with Crippen molar-refractivity contribution in [1.29, 1.82) is 0 Å². The number of rotatable bonds is 3. The Kier molecular flexibility index (Phi) is 3.55. The first-order valence-corrected chi connectivity index (χ1v) is 7.27. The summed E-state index contributed by atoms with van der Waals surface area (Å²) in [5.74, 6) is 0.188. The molecule has 0 aliphatic carbocycles. The number of hydrogen-bond donors (Lipinski definition) is 0. The molecule has 2 aromatic rings. The monoisotopic (exact) mass is 265 g/mol. The Morgan fingerprint density at radius 2 is 1.85 bits per heavy atom. The van der Waals surface area contributed by atoms with E-state index in [9.17, 15) is 4.79 Å². The van der Waals surface area contributed by atoms with Crippen molar-refractivity contribution in [2.24, 2.45) is 0 Å². The van der Waals surface area contributed by atoms with Crippen LogP contribution >= 0.6 is 0 Å². The summed E-state index contributed by atoms with van der Waals surface area (Å²) in [6, 6.07) is 16.5. The topological polar surface area (TPSA) is 20.3 Å². The first-order chi connectivity index (χ1) is 9.79. The molecule has 1 heterocycles. The molecule has 0 saturated heterocycles. The quantitative estimate of drug-likeness (QED) is 0.827. The second kappa shape index (κ2) is 5.49. The van der Waals surface area contributed by atoms with Gasteiger partial charge in [0.25, 0.3) is 5.91 Å². The van der Waals surface area contributed by atoms with Crippen LogP contribution < -0.4 is 0 Å². The SMILES string of the molecule is CCCN1CCc2cc(-c3ccccc3)ccc2C1=O. The largest absolute Gasteiger partial charge is 0.338 e. The van der Waals surface area contributed by atoms with E-state index in [2.05, 4.69) is 31.2 Å². The van der Waals surface area contributed by atoms with E-state index in [0.717, 1.165) is 31.5 Å². The van der Waals surface area contributed by atoms with Gasteiger partial charge in [0, 0.05) is 18.7 Å². The van der Waals surface area contributed by atoms with Crippen molar-refractivity contribution < 1.29 is 4.79 Å². The Morgan fingerprint density at radius 1 is 1.05 bits per heavy atom. The van der Waals surface area contributed by atoms with E-state index in [4.69, 9.17) is 0 Å². The molecule has 0 unspecified atom stereocenters. The molecule has 0 saturated carbocycles. The van der Waals surface area contributed by atoms with E-state index < -0.39 is 0 Å². The fourth-order valence-electron chi connectivity index (χ4n) is 2.83. The lowest BCUT2D eigenvalue weighted by molar-refractivity contribution is 0.0740. The van der Waals surface area contributed by atoms with Crippen molar-refractivity contribution in [2.75, 3.05) is 13.1 Å². The second-order valence-electron chi connectivity index (χ2n) is 5.28. The van der Waals surface area contributed by atoms with Crippen LogP contribution in [0, 0.1) is 0 Å². The highest BCUT2D eigenvalue weighted by Gasteiger charge is 2.23. The van der Waals surface area contributed by atoms with Crippen molar-refractivity contribution in [2.45, 2.75) is 19.8 Å². The summed E-state index contributed by atoms with van der Waals surface area (Å²) >= 11 is 0. The third-order valence-electron chi connectivity index (χ3n) is 3.87. The Balaban J connectivity index is 1.94. The van der Waals surface area contributed by atoms with Gasteiger partial charge in [-0.05, 0) is 35.6 Å². The molecular formula is C18H19NO.